The molecule has 0 aliphatic carbocycles. The monoisotopic (exact) mass is 240 g/mol. The van der Waals surface area contributed by atoms with E-state index in [2.05, 4.69) is 18.8 Å². The zero-order valence-electron chi connectivity index (χ0n) is 10.6. The Morgan fingerprint density at radius 3 is 2.65 bits per heavy atom. The van der Waals surface area contributed by atoms with E-state index >= 15 is 0 Å². The second-order valence-corrected chi connectivity index (χ2v) is 4.09. The fourth-order valence-corrected chi connectivity index (χ4v) is 1.11. The lowest BCUT2D eigenvalue weighted by Crippen LogP contribution is -2.09. The molecule has 0 spiro atoms. The fourth-order valence-electron chi connectivity index (χ4n) is 1.11. The Hall–Kier alpha value is -1.49. The molecule has 1 aromatic heterocycles. The summed E-state index contributed by atoms with van der Waals surface area (Å²) in [5.41, 5.74) is 6.28. The van der Waals surface area contributed by atoms with Gasteiger partial charge in [0.05, 0.1) is 18.9 Å². The van der Waals surface area contributed by atoms with E-state index in [0.717, 1.165) is 0 Å². The van der Waals surface area contributed by atoms with Crippen molar-refractivity contribution < 1.29 is 14.2 Å². The minimum absolute atomic E-state index is 0.425. The Balaban J connectivity index is 2.59. The Kier molecular flexibility index (Phi) is 5.56. The number of anilines is 1. The molecular weight excluding hydrogens is 220 g/mol. The van der Waals surface area contributed by atoms with Gasteiger partial charge >= 0.3 is 0 Å². The number of nitrogens with two attached hydrogens (primary N) is 1. The average Bonchev–Trinajstić information content (AvgIpc) is 2.29. The Bertz CT molecular complexity index is 343. The van der Waals surface area contributed by atoms with Crippen LogP contribution in [0.4, 0.5) is 5.69 Å². The van der Waals surface area contributed by atoms with E-state index in [0.29, 0.717) is 43.2 Å². The van der Waals surface area contributed by atoms with Crippen LogP contribution in [0.25, 0.3) is 0 Å². The molecule has 0 atom stereocenters. The summed E-state index contributed by atoms with van der Waals surface area (Å²) in [6.07, 6.45) is 0. The zero-order valence-corrected chi connectivity index (χ0v) is 10.6. The molecular formula is C12H20N2O3. The Labute approximate surface area is 102 Å². The molecule has 0 saturated heterocycles. The van der Waals surface area contributed by atoms with Crippen molar-refractivity contribution in [1.82, 2.24) is 4.98 Å². The maximum Gasteiger partial charge on any atom is 0.240 e. The van der Waals surface area contributed by atoms with Gasteiger partial charge in [-0.2, -0.15) is 4.98 Å². The number of nitrogen functional groups attached to an aromatic ring is 1. The van der Waals surface area contributed by atoms with E-state index in [1.807, 2.05) is 0 Å². The van der Waals surface area contributed by atoms with Gasteiger partial charge < -0.3 is 19.9 Å². The first kappa shape index (κ1) is 13.6. The molecule has 0 aliphatic heterocycles. The van der Waals surface area contributed by atoms with Crippen LogP contribution in [0.15, 0.2) is 12.1 Å². The molecule has 0 radical (unpaired) electrons. The van der Waals surface area contributed by atoms with Gasteiger partial charge in [-0.1, -0.05) is 13.8 Å². The van der Waals surface area contributed by atoms with Crippen molar-refractivity contribution in [2.75, 3.05) is 32.7 Å². The van der Waals surface area contributed by atoms with Gasteiger partial charge in [0, 0.05) is 13.2 Å². The number of nitrogens with zero attached hydrogens (tertiary/aromatic N) is 1. The first-order chi connectivity index (χ1) is 8.13. The predicted octanol–water partition coefficient (Wildman–Crippen LogP) is 1.72. The first-order valence-electron chi connectivity index (χ1n) is 5.64. The fraction of sp³-hybridized carbons (Fsp3) is 0.583. The van der Waals surface area contributed by atoms with E-state index in [9.17, 15) is 0 Å². The van der Waals surface area contributed by atoms with Crippen LogP contribution in [0.2, 0.25) is 0 Å². The SMILES string of the molecule is COCCOc1ccc(N)c(OCC(C)C)n1. The van der Waals surface area contributed by atoms with Crippen LogP contribution in [0.3, 0.4) is 0 Å². The van der Waals surface area contributed by atoms with Crippen LogP contribution >= 0.6 is 0 Å². The summed E-state index contributed by atoms with van der Waals surface area (Å²) < 4.78 is 15.8. The van der Waals surface area contributed by atoms with Crippen LogP contribution < -0.4 is 15.2 Å². The second kappa shape index (κ2) is 6.96. The standard InChI is InChI=1S/C12H20N2O3/c1-9(2)8-17-12-10(13)4-5-11(14-12)16-7-6-15-3/h4-5,9H,6-8,13H2,1-3H3. The zero-order chi connectivity index (χ0) is 12.7. The van der Waals surface area contributed by atoms with E-state index in [4.69, 9.17) is 19.9 Å². The minimum Gasteiger partial charge on any atom is -0.476 e. The summed E-state index contributed by atoms with van der Waals surface area (Å²) in [7, 11) is 1.62. The lowest BCUT2D eigenvalue weighted by atomic mass is 10.2. The average molecular weight is 240 g/mol. The molecule has 0 saturated carbocycles. The summed E-state index contributed by atoms with van der Waals surface area (Å²) in [5.74, 6) is 1.35. The molecule has 1 heterocycles. The van der Waals surface area contributed by atoms with Gasteiger partial charge in [-0.25, -0.2) is 0 Å². The summed E-state index contributed by atoms with van der Waals surface area (Å²) in [6.45, 7) is 5.69. The number of methoxy groups -OCH3 is 1. The molecule has 0 aromatic carbocycles. The third-order valence-electron chi connectivity index (χ3n) is 1.95. The van der Waals surface area contributed by atoms with Gasteiger partial charge in [-0.05, 0) is 12.0 Å². The van der Waals surface area contributed by atoms with E-state index < -0.39 is 0 Å². The number of aromatic nitrogens is 1. The highest BCUT2D eigenvalue weighted by Gasteiger charge is 2.06. The lowest BCUT2D eigenvalue weighted by molar-refractivity contribution is 0.143. The number of rotatable bonds is 7. The molecule has 5 nitrogen and oxygen atoms in total. The highest BCUT2D eigenvalue weighted by atomic mass is 16.5. The highest BCUT2D eigenvalue weighted by Crippen LogP contribution is 2.22. The van der Waals surface area contributed by atoms with Crippen LogP contribution in [0, 0.1) is 5.92 Å². The van der Waals surface area contributed by atoms with E-state index in [-0.39, 0.29) is 0 Å². The highest BCUT2D eigenvalue weighted by molar-refractivity contribution is 5.49. The largest absolute Gasteiger partial charge is 0.476 e. The molecule has 5 heteroatoms. The topological polar surface area (TPSA) is 66.6 Å². The van der Waals surface area contributed by atoms with E-state index in [1.54, 1.807) is 19.2 Å². The molecule has 17 heavy (non-hydrogen) atoms. The van der Waals surface area contributed by atoms with E-state index in [1.165, 1.54) is 0 Å². The Morgan fingerprint density at radius 1 is 1.24 bits per heavy atom. The molecule has 0 bridgehead atoms. The molecule has 0 aliphatic rings. The van der Waals surface area contributed by atoms with Gasteiger partial charge in [-0.15, -0.1) is 0 Å². The summed E-state index contributed by atoms with van der Waals surface area (Å²) in [6, 6.07) is 3.44. The van der Waals surface area contributed by atoms with Crippen molar-refractivity contribution in [3.63, 3.8) is 0 Å². The molecule has 1 aromatic rings. The van der Waals surface area contributed by atoms with Crippen LogP contribution in [-0.2, 0) is 4.74 Å². The number of ether oxygens (including phenoxy) is 3. The maximum absolute atomic E-state index is 5.76. The van der Waals surface area contributed by atoms with Crippen molar-refractivity contribution in [3.8, 4) is 11.8 Å². The number of hydrogen-bond donors (Lipinski definition) is 1. The minimum atomic E-state index is 0.425. The van der Waals surface area contributed by atoms with Gasteiger partial charge in [-0.3, -0.25) is 0 Å². The normalized spacial score (nSPS) is 10.6. The van der Waals surface area contributed by atoms with Gasteiger partial charge in [0.15, 0.2) is 0 Å². The van der Waals surface area contributed by atoms with Crippen molar-refractivity contribution >= 4 is 5.69 Å². The molecule has 2 N–H and O–H groups in total. The summed E-state index contributed by atoms with van der Waals surface area (Å²) in [5, 5.41) is 0. The van der Waals surface area contributed by atoms with Crippen LogP contribution in [0.1, 0.15) is 13.8 Å². The van der Waals surface area contributed by atoms with Crippen molar-refractivity contribution in [2.45, 2.75) is 13.8 Å². The first-order valence-corrected chi connectivity index (χ1v) is 5.64. The number of hydrogen-bond acceptors (Lipinski definition) is 5. The smallest absolute Gasteiger partial charge is 0.240 e. The third-order valence-corrected chi connectivity index (χ3v) is 1.95. The predicted molar refractivity (Wildman–Crippen MR) is 66.4 cm³/mol. The van der Waals surface area contributed by atoms with Crippen molar-refractivity contribution in [1.29, 1.82) is 0 Å². The third kappa shape index (κ3) is 4.91. The summed E-state index contributed by atoms with van der Waals surface area (Å²) >= 11 is 0. The lowest BCUT2D eigenvalue weighted by Gasteiger charge is -2.11. The summed E-state index contributed by atoms with van der Waals surface area (Å²) in [4.78, 5) is 4.19. The van der Waals surface area contributed by atoms with Crippen molar-refractivity contribution in [2.24, 2.45) is 5.92 Å². The maximum atomic E-state index is 5.76. The number of pyridine rings is 1. The molecule has 0 unspecified atom stereocenters. The van der Waals surface area contributed by atoms with Crippen LogP contribution in [0.5, 0.6) is 11.8 Å². The van der Waals surface area contributed by atoms with Crippen LogP contribution in [-0.4, -0.2) is 31.9 Å². The Morgan fingerprint density at radius 2 is 2.00 bits per heavy atom. The van der Waals surface area contributed by atoms with Gasteiger partial charge in [0.2, 0.25) is 11.8 Å². The van der Waals surface area contributed by atoms with Gasteiger partial charge in [0.25, 0.3) is 0 Å². The molecule has 0 fully saturated rings. The molecule has 0 amide bonds. The van der Waals surface area contributed by atoms with Gasteiger partial charge in [0.1, 0.15) is 6.61 Å². The van der Waals surface area contributed by atoms with Crippen molar-refractivity contribution in [3.05, 3.63) is 12.1 Å². The molecule has 1 rings (SSSR count). The second-order valence-electron chi connectivity index (χ2n) is 4.09. The molecule has 96 valence electrons. The quantitative estimate of drug-likeness (QED) is 0.735.